The molecule has 7 heteroatoms. The second-order valence-electron chi connectivity index (χ2n) is 7.95. The third-order valence-corrected chi connectivity index (χ3v) is 6.77. The van der Waals surface area contributed by atoms with E-state index in [9.17, 15) is 9.59 Å². The van der Waals surface area contributed by atoms with E-state index in [0.29, 0.717) is 31.1 Å². The second kappa shape index (κ2) is 9.04. The van der Waals surface area contributed by atoms with Gasteiger partial charge in [0, 0.05) is 30.1 Å². The van der Waals surface area contributed by atoms with Crippen LogP contribution < -0.4 is 14.8 Å². The zero-order valence-corrected chi connectivity index (χ0v) is 18.5. The lowest BCUT2D eigenvalue weighted by Gasteiger charge is -2.26. The van der Waals surface area contributed by atoms with Gasteiger partial charge in [0.05, 0.1) is 4.88 Å². The first-order valence-corrected chi connectivity index (χ1v) is 11.7. The number of hydrogen-bond donors (Lipinski definition) is 1. The molecule has 2 aliphatic heterocycles. The first kappa shape index (κ1) is 20.6. The molecule has 6 nitrogen and oxygen atoms in total. The van der Waals surface area contributed by atoms with Gasteiger partial charge in [0.2, 0.25) is 5.91 Å². The molecule has 1 saturated heterocycles. The number of nitrogens with zero attached hydrogens (tertiary/aromatic N) is 1. The molecular weight excluding hydrogens is 424 g/mol. The fourth-order valence-corrected chi connectivity index (χ4v) is 4.90. The number of fused-ring (bicyclic) bond motifs is 1. The van der Waals surface area contributed by atoms with E-state index in [1.165, 1.54) is 11.3 Å². The number of nitrogens with one attached hydrogen (secondary N) is 1. The van der Waals surface area contributed by atoms with Crippen molar-refractivity contribution in [2.75, 3.05) is 25.1 Å². The number of piperidine rings is 1. The summed E-state index contributed by atoms with van der Waals surface area (Å²) in [5.41, 5.74) is 2.74. The predicted molar refractivity (Wildman–Crippen MR) is 124 cm³/mol. The SMILES string of the molecule is O=C(Nc1cccc(CN2CCCCC2=O)c1)c1ccc(-c2ccc3c(c2)OCCO3)s1. The Morgan fingerprint density at radius 2 is 1.88 bits per heavy atom. The van der Waals surface area contributed by atoms with Gasteiger partial charge >= 0.3 is 0 Å². The van der Waals surface area contributed by atoms with Gasteiger partial charge in [0.25, 0.3) is 5.91 Å². The highest BCUT2D eigenvalue weighted by atomic mass is 32.1. The van der Waals surface area contributed by atoms with Crippen molar-refractivity contribution in [1.29, 1.82) is 0 Å². The Morgan fingerprint density at radius 1 is 1.00 bits per heavy atom. The Bertz CT molecular complexity index is 1160. The highest BCUT2D eigenvalue weighted by molar-refractivity contribution is 7.17. The molecule has 1 fully saturated rings. The molecule has 164 valence electrons. The third kappa shape index (κ3) is 4.48. The Kier molecular flexibility index (Phi) is 5.81. The largest absolute Gasteiger partial charge is 0.486 e. The predicted octanol–water partition coefficient (Wildman–Crippen LogP) is 4.95. The summed E-state index contributed by atoms with van der Waals surface area (Å²) in [5.74, 6) is 1.54. The second-order valence-corrected chi connectivity index (χ2v) is 9.03. The Hall–Kier alpha value is -3.32. The first-order valence-electron chi connectivity index (χ1n) is 10.8. The number of rotatable bonds is 5. The smallest absolute Gasteiger partial charge is 0.265 e. The van der Waals surface area contributed by atoms with E-state index >= 15 is 0 Å². The summed E-state index contributed by atoms with van der Waals surface area (Å²) in [5, 5.41) is 2.99. The van der Waals surface area contributed by atoms with Crippen LogP contribution in [0.5, 0.6) is 11.5 Å². The molecule has 5 rings (SSSR count). The van der Waals surface area contributed by atoms with Gasteiger partial charge in [-0.2, -0.15) is 0 Å². The summed E-state index contributed by atoms with van der Waals surface area (Å²) in [6.45, 7) is 2.48. The van der Waals surface area contributed by atoms with Gasteiger partial charge in [-0.05, 0) is 66.4 Å². The standard InChI is InChI=1S/C25H24N2O4S/c28-24-6-1-2-11-27(24)16-17-4-3-5-19(14-17)26-25(29)23-10-9-22(32-23)18-7-8-20-21(15-18)31-13-12-30-20/h3-5,7-10,14-15H,1-2,6,11-13,16H2,(H,26,29). The lowest BCUT2D eigenvalue weighted by Crippen LogP contribution is -2.34. The molecule has 0 radical (unpaired) electrons. The Morgan fingerprint density at radius 3 is 2.75 bits per heavy atom. The number of anilines is 1. The minimum Gasteiger partial charge on any atom is -0.486 e. The molecule has 32 heavy (non-hydrogen) atoms. The molecule has 0 spiro atoms. The van der Waals surface area contributed by atoms with Crippen molar-refractivity contribution in [3.63, 3.8) is 0 Å². The Balaban J connectivity index is 1.27. The topological polar surface area (TPSA) is 67.9 Å². The van der Waals surface area contributed by atoms with Crippen molar-refractivity contribution >= 4 is 28.8 Å². The van der Waals surface area contributed by atoms with Crippen LogP contribution >= 0.6 is 11.3 Å². The molecule has 3 heterocycles. The van der Waals surface area contributed by atoms with Gasteiger partial charge in [-0.25, -0.2) is 0 Å². The van der Waals surface area contributed by atoms with E-state index in [4.69, 9.17) is 9.47 Å². The van der Waals surface area contributed by atoms with E-state index in [1.54, 1.807) is 0 Å². The molecule has 0 unspecified atom stereocenters. The summed E-state index contributed by atoms with van der Waals surface area (Å²) < 4.78 is 11.2. The molecule has 2 aliphatic rings. The molecular formula is C25H24N2O4S. The molecule has 0 aliphatic carbocycles. The first-order chi connectivity index (χ1) is 15.7. The van der Waals surface area contributed by atoms with Crippen molar-refractivity contribution in [3.05, 3.63) is 65.0 Å². The maximum atomic E-state index is 12.8. The summed E-state index contributed by atoms with van der Waals surface area (Å²) in [4.78, 5) is 28.4. The fourth-order valence-electron chi connectivity index (χ4n) is 4.00. The average Bonchev–Trinajstić information content (AvgIpc) is 3.31. The van der Waals surface area contributed by atoms with Crippen molar-refractivity contribution in [2.24, 2.45) is 0 Å². The van der Waals surface area contributed by atoms with Crippen molar-refractivity contribution < 1.29 is 19.1 Å². The number of likely N-dealkylation sites (tertiary alicyclic amines) is 1. The number of benzene rings is 2. The van der Waals surface area contributed by atoms with Gasteiger partial charge in [-0.3, -0.25) is 9.59 Å². The van der Waals surface area contributed by atoms with Gasteiger partial charge < -0.3 is 19.7 Å². The minimum absolute atomic E-state index is 0.148. The fraction of sp³-hybridized carbons (Fsp3) is 0.280. The molecule has 1 aromatic heterocycles. The van der Waals surface area contributed by atoms with Crippen LogP contribution in [0.3, 0.4) is 0 Å². The number of thiophene rings is 1. The molecule has 0 bridgehead atoms. The third-order valence-electron chi connectivity index (χ3n) is 5.64. The van der Waals surface area contributed by atoms with Crippen LogP contribution in [-0.4, -0.2) is 36.5 Å². The van der Waals surface area contributed by atoms with Gasteiger partial charge in [0.1, 0.15) is 13.2 Å². The van der Waals surface area contributed by atoms with Crippen LogP contribution in [-0.2, 0) is 11.3 Å². The van der Waals surface area contributed by atoms with Gasteiger partial charge in [0.15, 0.2) is 11.5 Å². The molecule has 1 N–H and O–H groups in total. The highest BCUT2D eigenvalue weighted by Gasteiger charge is 2.19. The molecule has 0 saturated carbocycles. The van der Waals surface area contributed by atoms with E-state index in [0.717, 1.165) is 52.6 Å². The number of carbonyl (C=O) groups is 2. The van der Waals surface area contributed by atoms with Gasteiger partial charge in [-0.1, -0.05) is 12.1 Å². The Labute approximate surface area is 190 Å². The maximum absolute atomic E-state index is 12.8. The van der Waals surface area contributed by atoms with Crippen LogP contribution in [0.15, 0.2) is 54.6 Å². The minimum atomic E-state index is -0.148. The van der Waals surface area contributed by atoms with Crippen LogP contribution in [0, 0.1) is 0 Å². The normalized spacial score (nSPS) is 15.5. The average molecular weight is 449 g/mol. The zero-order valence-electron chi connectivity index (χ0n) is 17.6. The molecule has 2 aromatic carbocycles. The summed E-state index contributed by atoms with van der Waals surface area (Å²) >= 11 is 1.44. The number of carbonyl (C=O) groups excluding carboxylic acids is 2. The van der Waals surface area contributed by atoms with Gasteiger partial charge in [-0.15, -0.1) is 11.3 Å². The summed E-state index contributed by atoms with van der Waals surface area (Å²) in [6, 6.07) is 17.3. The van der Waals surface area contributed by atoms with Crippen LogP contribution in [0.25, 0.3) is 10.4 Å². The lowest BCUT2D eigenvalue weighted by atomic mass is 10.1. The summed E-state index contributed by atoms with van der Waals surface area (Å²) in [6.07, 6.45) is 2.65. The maximum Gasteiger partial charge on any atom is 0.265 e. The van der Waals surface area contributed by atoms with Crippen LogP contribution in [0.2, 0.25) is 0 Å². The number of amides is 2. The summed E-state index contributed by atoms with van der Waals surface area (Å²) in [7, 11) is 0. The monoisotopic (exact) mass is 448 g/mol. The van der Waals surface area contributed by atoms with Crippen molar-refractivity contribution in [2.45, 2.75) is 25.8 Å². The van der Waals surface area contributed by atoms with Crippen LogP contribution in [0.4, 0.5) is 5.69 Å². The lowest BCUT2D eigenvalue weighted by molar-refractivity contribution is -0.133. The number of hydrogen-bond acceptors (Lipinski definition) is 5. The van der Waals surface area contributed by atoms with E-state index in [2.05, 4.69) is 5.32 Å². The number of ether oxygens (including phenoxy) is 2. The molecule has 2 amide bonds. The van der Waals surface area contributed by atoms with E-state index in [-0.39, 0.29) is 11.8 Å². The highest BCUT2D eigenvalue weighted by Crippen LogP contribution is 2.37. The zero-order chi connectivity index (χ0) is 21.9. The quantitative estimate of drug-likeness (QED) is 0.600. The molecule has 3 aromatic rings. The van der Waals surface area contributed by atoms with E-state index in [1.807, 2.05) is 59.5 Å². The van der Waals surface area contributed by atoms with Crippen LogP contribution in [0.1, 0.15) is 34.5 Å². The van der Waals surface area contributed by atoms with Crippen molar-refractivity contribution in [3.8, 4) is 21.9 Å². The van der Waals surface area contributed by atoms with E-state index < -0.39 is 0 Å². The van der Waals surface area contributed by atoms with Crippen molar-refractivity contribution in [1.82, 2.24) is 4.90 Å². The molecule has 0 atom stereocenters.